The number of benzene rings is 2. The summed E-state index contributed by atoms with van der Waals surface area (Å²) in [6, 6.07) is 12.6. The average Bonchev–Trinajstić information content (AvgIpc) is 2.47. The van der Waals surface area contributed by atoms with Gasteiger partial charge >= 0.3 is 5.97 Å². The molecule has 0 aliphatic rings. The van der Waals surface area contributed by atoms with E-state index in [0.717, 1.165) is 9.40 Å². The van der Waals surface area contributed by atoms with Crippen molar-refractivity contribution in [2.24, 2.45) is 0 Å². The highest BCUT2D eigenvalue weighted by Gasteiger charge is 2.16. The molecule has 1 aromatic heterocycles. The van der Waals surface area contributed by atoms with Crippen LogP contribution in [-0.2, 0) is 4.79 Å². The van der Waals surface area contributed by atoms with Gasteiger partial charge in [-0.2, -0.15) is 0 Å². The summed E-state index contributed by atoms with van der Waals surface area (Å²) < 4.78 is 7.11. The van der Waals surface area contributed by atoms with Crippen LogP contribution in [0.5, 0.6) is 5.75 Å². The van der Waals surface area contributed by atoms with Gasteiger partial charge in [-0.3, -0.25) is 4.79 Å². The number of carboxylic acid groups (broad SMARTS) is 1. The van der Waals surface area contributed by atoms with Crippen LogP contribution < -0.4 is 10.2 Å². The lowest BCUT2D eigenvalue weighted by atomic mass is 10.1. The van der Waals surface area contributed by atoms with Gasteiger partial charge in [0.25, 0.3) is 0 Å². The molecular weight excluding hydrogens is 288 g/mol. The Morgan fingerprint density at radius 1 is 1.14 bits per heavy atom. The molecule has 0 aliphatic carbocycles. The van der Waals surface area contributed by atoms with Gasteiger partial charge in [0, 0.05) is 14.8 Å². The van der Waals surface area contributed by atoms with Gasteiger partial charge in [-0.15, -0.1) is 11.3 Å². The quantitative estimate of drug-likeness (QED) is 0.754. The van der Waals surface area contributed by atoms with Crippen molar-refractivity contribution >= 4 is 37.5 Å². The van der Waals surface area contributed by atoms with Gasteiger partial charge in [0.2, 0.25) is 0 Å². The largest absolute Gasteiger partial charge is 0.479 e. The number of fused-ring (bicyclic) bond motifs is 2. The molecule has 0 radical (unpaired) electrons. The first kappa shape index (κ1) is 13.6. The molecule has 3 rings (SSSR count). The van der Waals surface area contributed by atoms with Crippen LogP contribution in [0.4, 0.5) is 0 Å². The minimum Gasteiger partial charge on any atom is -0.479 e. The molecule has 1 heterocycles. The Hall–Kier alpha value is -2.40. The molecule has 0 saturated carbocycles. The van der Waals surface area contributed by atoms with Crippen LogP contribution in [0.1, 0.15) is 6.92 Å². The molecule has 0 spiro atoms. The van der Waals surface area contributed by atoms with Crippen molar-refractivity contribution in [2.75, 3.05) is 0 Å². The van der Waals surface area contributed by atoms with Crippen LogP contribution in [0.15, 0.2) is 47.3 Å². The fourth-order valence-corrected chi connectivity index (χ4v) is 3.25. The van der Waals surface area contributed by atoms with Crippen LogP contribution in [0.2, 0.25) is 0 Å². The number of hydrogen-bond acceptors (Lipinski definition) is 4. The van der Waals surface area contributed by atoms with E-state index in [9.17, 15) is 9.59 Å². The predicted octanol–water partition coefficient (Wildman–Crippen LogP) is 3.27. The third-order valence-electron chi connectivity index (χ3n) is 3.22. The number of hydrogen-bond donors (Lipinski definition) is 1. The van der Waals surface area contributed by atoms with Crippen LogP contribution in [0.25, 0.3) is 20.2 Å². The van der Waals surface area contributed by atoms with Crippen molar-refractivity contribution in [1.82, 2.24) is 0 Å². The molecule has 2 aromatic carbocycles. The lowest BCUT2D eigenvalue weighted by Gasteiger charge is -2.12. The zero-order chi connectivity index (χ0) is 15.0. The van der Waals surface area contributed by atoms with Crippen LogP contribution in [0, 0.1) is 0 Å². The Kier molecular flexibility index (Phi) is 3.35. The molecule has 4 nitrogen and oxygen atoms in total. The third kappa shape index (κ3) is 2.36. The van der Waals surface area contributed by atoms with Gasteiger partial charge in [0.15, 0.2) is 11.5 Å². The van der Waals surface area contributed by atoms with Crippen LogP contribution in [-0.4, -0.2) is 17.2 Å². The van der Waals surface area contributed by atoms with Crippen LogP contribution >= 0.6 is 11.3 Å². The fraction of sp³-hybridized carbons (Fsp3) is 0.125. The average molecular weight is 300 g/mol. The van der Waals surface area contributed by atoms with E-state index < -0.39 is 12.1 Å². The molecule has 1 unspecified atom stereocenters. The second kappa shape index (κ2) is 5.18. The molecular formula is C16H12O4S. The first-order chi connectivity index (χ1) is 10.1. The fourth-order valence-electron chi connectivity index (χ4n) is 2.16. The van der Waals surface area contributed by atoms with Gasteiger partial charge < -0.3 is 9.84 Å². The summed E-state index contributed by atoms with van der Waals surface area (Å²) in [6.45, 7) is 1.44. The van der Waals surface area contributed by atoms with Crippen molar-refractivity contribution in [3.05, 3.63) is 52.7 Å². The highest BCUT2D eigenvalue weighted by molar-refractivity contribution is 7.24. The number of carboxylic acids is 1. The molecule has 0 bridgehead atoms. The Bertz CT molecular complexity index is 898. The molecule has 1 N–H and O–H groups in total. The summed E-state index contributed by atoms with van der Waals surface area (Å²) in [5, 5.41) is 10.0. The van der Waals surface area contributed by atoms with E-state index in [1.54, 1.807) is 18.2 Å². The molecule has 5 heteroatoms. The number of rotatable bonds is 3. The summed E-state index contributed by atoms with van der Waals surface area (Å²) in [7, 11) is 0. The van der Waals surface area contributed by atoms with E-state index in [2.05, 4.69) is 0 Å². The van der Waals surface area contributed by atoms with Gasteiger partial charge in [-0.05, 0) is 31.2 Å². The molecule has 0 fully saturated rings. The molecule has 0 aliphatic heterocycles. The molecule has 0 amide bonds. The first-order valence-electron chi connectivity index (χ1n) is 6.42. The standard InChI is InChI=1S/C16H12O4S/c1-9(16(18)19)20-11-6-4-8-13-14(11)15(17)10-5-2-3-7-12(10)21-13/h2-9H,1H3,(H,18,19). The van der Waals surface area contributed by atoms with Crippen molar-refractivity contribution in [3.8, 4) is 5.75 Å². The van der Waals surface area contributed by atoms with E-state index in [0.29, 0.717) is 16.5 Å². The summed E-state index contributed by atoms with van der Waals surface area (Å²) in [5.41, 5.74) is -0.132. The second-order valence-corrected chi connectivity index (χ2v) is 5.74. The van der Waals surface area contributed by atoms with Crippen molar-refractivity contribution < 1.29 is 14.6 Å². The lowest BCUT2D eigenvalue weighted by molar-refractivity contribution is -0.144. The molecule has 106 valence electrons. The van der Waals surface area contributed by atoms with Gasteiger partial charge in [0.1, 0.15) is 5.75 Å². The highest BCUT2D eigenvalue weighted by atomic mass is 32.1. The van der Waals surface area contributed by atoms with E-state index >= 15 is 0 Å². The molecule has 3 aromatic rings. The summed E-state index contributed by atoms with van der Waals surface area (Å²) in [4.78, 5) is 23.6. The third-order valence-corrected chi connectivity index (χ3v) is 4.35. The summed E-state index contributed by atoms with van der Waals surface area (Å²) >= 11 is 1.49. The zero-order valence-electron chi connectivity index (χ0n) is 11.2. The van der Waals surface area contributed by atoms with Crippen LogP contribution in [0.3, 0.4) is 0 Å². The van der Waals surface area contributed by atoms with Gasteiger partial charge in [-0.25, -0.2) is 4.79 Å². The zero-order valence-corrected chi connectivity index (χ0v) is 12.0. The maximum absolute atomic E-state index is 12.6. The monoisotopic (exact) mass is 300 g/mol. The Balaban J connectivity index is 2.29. The summed E-state index contributed by atoms with van der Waals surface area (Å²) in [5.74, 6) is -0.752. The maximum Gasteiger partial charge on any atom is 0.344 e. The van der Waals surface area contributed by atoms with Crippen molar-refractivity contribution in [2.45, 2.75) is 13.0 Å². The molecule has 21 heavy (non-hydrogen) atoms. The topological polar surface area (TPSA) is 63.6 Å². The molecule has 1 atom stereocenters. The van der Waals surface area contributed by atoms with E-state index in [1.165, 1.54) is 18.3 Å². The van der Waals surface area contributed by atoms with Gasteiger partial charge in [-0.1, -0.05) is 18.2 Å². The summed E-state index contributed by atoms with van der Waals surface area (Å²) in [6.07, 6.45) is -1.01. The van der Waals surface area contributed by atoms with E-state index in [4.69, 9.17) is 9.84 Å². The smallest absolute Gasteiger partial charge is 0.344 e. The lowest BCUT2D eigenvalue weighted by Crippen LogP contribution is -2.23. The normalized spacial score (nSPS) is 12.4. The first-order valence-corrected chi connectivity index (χ1v) is 7.23. The SMILES string of the molecule is CC(Oc1cccc2sc3ccccc3c(=O)c12)C(=O)O. The minimum absolute atomic E-state index is 0.132. The Morgan fingerprint density at radius 2 is 1.86 bits per heavy atom. The predicted molar refractivity (Wildman–Crippen MR) is 83.3 cm³/mol. The Morgan fingerprint density at radius 3 is 2.62 bits per heavy atom. The Labute approximate surface area is 124 Å². The second-order valence-electron chi connectivity index (χ2n) is 4.65. The van der Waals surface area contributed by atoms with Crippen molar-refractivity contribution in [1.29, 1.82) is 0 Å². The van der Waals surface area contributed by atoms with Crippen molar-refractivity contribution in [3.63, 3.8) is 0 Å². The van der Waals surface area contributed by atoms with Gasteiger partial charge in [0.05, 0.1) is 5.39 Å². The van der Waals surface area contributed by atoms with E-state index in [-0.39, 0.29) is 5.43 Å². The highest BCUT2D eigenvalue weighted by Crippen LogP contribution is 2.30. The number of ether oxygens (including phenoxy) is 1. The maximum atomic E-state index is 12.6. The van der Waals surface area contributed by atoms with E-state index in [1.807, 2.05) is 24.3 Å². The molecule has 0 saturated heterocycles. The number of carbonyl (C=O) groups is 1. The minimum atomic E-state index is -1.07. The number of aliphatic carboxylic acids is 1.